The third-order valence-electron chi connectivity index (χ3n) is 5.22. The van der Waals surface area contributed by atoms with E-state index in [1.54, 1.807) is 30.3 Å². The number of benzene rings is 2. The first-order valence-corrected chi connectivity index (χ1v) is 11.9. The lowest BCUT2D eigenvalue weighted by Gasteiger charge is -2.20. The van der Waals surface area contributed by atoms with Gasteiger partial charge in [-0.2, -0.15) is 0 Å². The zero-order chi connectivity index (χ0) is 23.0. The van der Waals surface area contributed by atoms with Crippen LogP contribution in [0.4, 0.5) is 5.13 Å². The molecular formula is C26H27N3O3S. The van der Waals surface area contributed by atoms with Crippen LogP contribution in [-0.4, -0.2) is 29.6 Å². The Bertz CT molecular complexity index is 1190. The first-order valence-electron chi connectivity index (χ1n) is 11.1. The number of amides is 1. The number of pyridine rings is 1. The van der Waals surface area contributed by atoms with Crippen molar-refractivity contribution in [2.45, 2.75) is 32.7 Å². The van der Waals surface area contributed by atoms with E-state index in [1.807, 2.05) is 48.5 Å². The lowest BCUT2D eigenvalue weighted by Crippen LogP contribution is -2.30. The summed E-state index contributed by atoms with van der Waals surface area (Å²) in [5, 5.41) is 0.619. The molecule has 0 spiro atoms. The van der Waals surface area contributed by atoms with Crippen molar-refractivity contribution in [1.82, 2.24) is 9.97 Å². The van der Waals surface area contributed by atoms with Crippen molar-refractivity contribution in [3.8, 4) is 11.5 Å². The van der Waals surface area contributed by atoms with Crippen LogP contribution in [0.25, 0.3) is 10.2 Å². The van der Waals surface area contributed by atoms with Gasteiger partial charge < -0.3 is 9.47 Å². The van der Waals surface area contributed by atoms with Crippen LogP contribution in [0.15, 0.2) is 66.9 Å². The third-order valence-corrected chi connectivity index (χ3v) is 6.27. The zero-order valence-corrected chi connectivity index (χ0v) is 19.7. The molecule has 0 saturated carbocycles. The van der Waals surface area contributed by atoms with E-state index in [9.17, 15) is 4.79 Å². The fraction of sp³-hybridized carbons (Fsp3) is 0.269. The van der Waals surface area contributed by atoms with Crippen LogP contribution in [0.1, 0.15) is 42.2 Å². The molecule has 0 aliphatic carbocycles. The van der Waals surface area contributed by atoms with E-state index in [1.165, 1.54) is 11.3 Å². The Labute approximate surface area is 197 Å². The summed E-state index contributed by atoms with van der Waals surface area (Å²) in [6.45, 7) is 3.17. The second-order valence-electron chi connectivity index (χ2n) is 7.62. The van der Waals surface area contributed by atoms with Crippen molar-refractivity contribution in [1.29, 1.82) is 0 Å². The molecule has 0 bridgehead atoms. The maximum Gasteiger partial charge on any atom is 0.260 e. The highest BCUT2D eigenvalue weighted by atomic mass is 32.1. The number of nitrogens with zero attached hydrogens (tertiary/aromatic N) is 3. The number of unbranched alkanes of at least 4 members (excludes halogenated alkanes) is 2. The number of aromatic nitrogens is 2. The van der Waals surface area contributed by atoms with Gasteiger partial charge in [-0.1, -0.05) is 37.2 Å². The van der Waals surface area contributed by atoms with Crippen LogP contribution < -0.4 is 14.4 Å². The summed E-state index contributed by atoms with van der Waals surface area (Å²) in [5.41, 5.74) is 2.19. The Kier molecular flexibility index (Phi) is 7.52. The van der Waals surface area contributed by atoms with Gasteiger partial charge in [0.1, 0.15) is 11.5 Å². The summed E-state index contributed by atoms with van der Waals surface area (Å²) in [6.07, 6.45) is 5.05. The fourth-order valence-electron chi connectivity index (χ4n) is 3.41. The first-order chi connectivity index (χ1) is 16.2. The summed E-state index contributed by atoms with van der Waals surface area (Å²) in [6, 6.07) is 18.7. The first kappa shape index (κ1) is 22.7. The summed E-state index contributed by atoms with van der Waals surface area (Å²) < 4.78 is 12.1. The summed E-state index contributed by atoms with van der Waals surface area (Å²) in [7, 11) is 1.64. The van der Waals surface area contributed by atoms with E-state index in [0.29, 0.717) is 23.8 Å². The van der Waals surface area contributed by atoms with Crippen LogP contribution in [-0.2, 0) is 6.54 Å². The van der Waals surface area contributed by atoms with Gasteiger partial charge in [0.25, 0.3) is 5.91 Å². The monoisotopic (exact) mass is 461 g/mol. The quantitative estimate of drug-likeness (QED) is 0.266. The largest absolute Gasteiger partial charge is 0.497 e. The normalized spacial score (nSPS) is 10.8. The molecule has 0 aliphatic rings. The van der Waals surface area contributed by atoms with E-state index in [-0.39, 0.29) is 5.91 Å². The minimum absolute atomic E-state index is 0.135. The number of thiazole rings is 1. The fourth-order valence-corrected chi connectivity index (χ4v) is 4.40. The number of hydrogen-bond acceptors (Lipinski definition) is 6. The Balaban J connectivity index is 1.60. The second kappa shape index (κ2) is 10.9. The Morgan fingerprint density at radius 2 is 1.85 bits per heavy atom. The molecule has 1 amide bonds. The highest BCUT2D eigenvalue weighted by molar-refractivity contribution is 7.22. The van der Waals surface area contributed by atoms with Crippen molar-refractivity contribution in [3.63, 3.8) is 0 Å². The minimum Gasteiger partial charge on any atom is -0.497 e. The molecule has 0 aliphatic heterocycles. The van der Waals surface area contributed by atoms with Crippen molar-refractivity contribution < 1.29 is 14.3 Å². The molecule has 7 heteroatoms. The van der Waals surface area contributed by atoms with Gasteiger partial charge in [0.05, 0.1) is 36.2 Å². The number of anilines is 1. The van der Waals surface area contributed by atoms with Crippen LogP contribution in [0.3, 0.4) is 0 Å². The minimum atomic E-state index is -0.135. The molecule has 0 fully saturated rings. The number of hydrogen-bond donors (Lipinski definition) is 0. The van der Waals surface area contributed by atoms with E-state index in [2.05, 4.69) is 11.9 Å². The van der Waals surface area contributed by atoms with Gasteiger partial charge in [0, 0.05) is 11.8 Å². The average molecular weight is 462 g/mol. The van der Waals surface area contributed by atoms with E-state index < -0.39 is 0 Å². The molecule has 33 heavy (non-hydrogen) atoms. The highest BCUT2D eigenvalue weighted by Gasteiger charge is 2.22. The number of carbonyl (C=O) groups is 1. The molecule has 4 rings (SSSR count). The smallest absolute Gasteiger partial charge is 0.260 e. The Hall–Kier alpha value is -3.45. The maximum atomic E-state index is 13.6. The molecule has 2 aromatic heterocycles. The molecule has 0 N–H and O–H groups in total. The van der Waals surface area contributed by atoms with Crippen molar-refractivity contribution >= 4 is 32.6 Å². The molecule has 2 aromatic carbocycles. The van der Waals surface area contributed by atoms with Crippen LogP contribution in [0, 0.1) is 0 Å². The predicted molar refractivity (Wildman–Crippen MR) is 132 cm³/mol. The van der Waals surface area contributed by atoms with Gasteiger partial charge in [0.2, 0.25) is 0 Å². The second-order valence-corrected chi connectivity index (χ2v) is 8.63. The van der Waals surface area contributed by atoms with E-state index in [4.69, 9.17) is 14.5 Å². The number of rotatable bonds is 10. The molecule has 6 nitrogen and oxygen atoms in total. The molecular weight excluding hydrogens is 434 g/mol. The topological polar surface area (TPSA) is 64.5 Å². The van der Waals surface area contributed by atoms with Gasteiger partial charge in [-0.3, -0.25) is 14.7 Å². The SMILES string of the molecule is CCCCCOc1ccc(C(=O)N(Cc2ccccn2)c2nc3ccc(OC)cc3s2)cc1. The van der Waals surface area contributed by atoms with Gasteiger partial charge in [-0.25, -0.2) is 4.98 Å². The van der Waals surface area contributed by atoms with E-state index >= 15 is 0 Å². The number of ether oxygens (including phenoxy) is 2. The van der Waals surface area contributed by atoms with Crippen molar-refractivity contribution in [2.24, 2.45) is 0 Å². The molecule has 170 valence electrons. The van der Waals surface area contributed by atoms with Gasteiger partial charge >= 0.3 is 0 Å². The maximum absolute atomic E-state index is 13.6. The number of methoxy groups -OCH3 is 1. The molecule has 0 atom stereocenters. The van der Waals surface area contributed by atoms with Gasteiger partial charge in [-0.05, 0) is 61.0 Å². The van der Waals surface area contributed by atoms with Crippen molar-refractivity contribution in [2.75, 3.05) is 18.6 Å². The lowest BCUT2D eigenvalue weighted by atomic mass is 10.2. The summed E-state index contributed by atoms with van der Waals surface area (Å²) >= 11 is 1.46. The predicted octanol–water partition coefficient (Wildman–Crippen LogP) is 6.12. The zero-order valence-electron chi connectivity index (χ0n) is 18.9. The van der Waals surface area contributed by atoms with Gasteiger partial charge in [0.15, 0.2) is 5.13 Å². The summed E-state index contributed by atoms with van der Waals surface area (Å²) in [4.78, 5) is 24.4. The highest BCUT2D eigenvalue weighted by Crippen LogP contribution is 2.33. The Morgan fingerprint density at radius 1 is 1.03 bits per heavy atom. The molecule has 0 radical (unpaired) electrons. The average Bonchev–Trinajstić information content (AvgIpc) is 3.29. The Morgan fingerprint density at radius 3 is 2.58 bits per heavy atom. The molecule has 0 unspecified atom stereocenters. The third kappa shape index (κ3) is 5.68. The number of carbonyl (C=O) groups excluding carboxylic acids is 1. The summed E-state index contributed by atoms with van der Waals surface area (Å²) in [5.74, 6) is 1.39. The van der Waals surface area contributed by atoms with Crippen LogP contribution in [0.2, 0.25) is 0 Å². The van der Waals surface area contributed by atoms with Crippen LogP contribution in [0.5, 0.6) is 11.5 Å². The number of fused-ring (bicyclic) bond motifs is 1. The molecule has 0 saturated heterocycles. The lowest BCUT2D eigenvalue weighted by molar-refractivity contribution is 0.0984. The van der Waals surface area contributed by atoms with Gasteiger partial charge in [-0.15, -0.1) is 0 Å². The molecule has 2 heterocycles. The van der Waals surface area contributed by atoms with E-state index in [0.717, 1.165) is 46.7 Å². The van der Waals surface area contributed by atoms with Crippen molar-refractivity contribution in [3.05, 3.63) is 78.1 Å². The standard InChI is InChI=1S/C26H27N3O3S/c1-3-4-7-16-32-21-11-9-19(10-12-21)25(30)29(18-20-8-5-6-15-27-20)26-28-23-14-13-22(31-2)17-24(23)33-26/h5-6,8-15,17H,3-4,7,16,18H2,1-2H3. The van der Waals surface area contributed by atoms with Crippen LogP contribution >= 0.6 is 11.3 Å². The molecule has 4 aromatic rings.